The van der Waals surface area contributed by atoms with E-state index < -0.39 is 6.04 Å². The highest BCUT2D eigenvalue weighted by Crippen LogP contribution is 1.81. The Bertz CT molecular complexity index is 173. The van der Waals surface area contributed by atoms with Gasteiger partial charge in [0.1, 0.15) is 6.04 Å². The highest BCUT2D eigenvalue weighted by Gasteiger charge is 2.11. The summed E-state index contributed by atoms with van der Waals surface area (Å²) in [6.07, 6.45) is 0. The van der Waals surface area contributed by atoms with Crippen LogP contribution < -0.4 is 10.6 Å². The van der Waals surface area contributed by atoms with Crippen molar-refractivity contribution in [1.29, 1.82) is 0 Å². The van der Waals surface area contributed by atoms with Gasteiger partial charge < -0.3 is 10.6 Å². The molecule has 0 saturated heterocycles. The quantitative estimate of drug-likeness (QED) is 0.526. The van der Waals surface area contributed by atoms with E-state index in [1.54, 1.807) is 6.92 Å². The fourth-order valence-corrected chi connectivity index (χ4v) is 0.814. The second-order valence-electron chi connectivity index (χ2n) is 2.44. The van der Waals surface area contributed by atoms with Gasteiger partial charge in [-0.2, -0.15) is 12.6 Å². The molecule has 0 heterocycles. The molecule has 0 aliphatic rings. The van der Waals surface area contributed by atoms with E-state index in [9.17, 15) is 9.59 Å². The number of hydrogen-bond donors (Lipinski definition) is 3. The molecule has 1 atom stereocenters. The number of hydrogen-bond acceptors (Lipinski definition) is 3. The van der Waals surface area contributed by atoms with E-state index in [2.05, 4.69) is 23.3 Å². The predicted octanol–water partition coefficient (Wildman–Crippen LogP) is -0.443. The van der Waals surface area contributed by atoms with Gasteiger partial charge in [-0.05, 0) is 6.92 Å². The van der Waals surface area contributed by atoms with Crippen molar-refractivity contribution in [3.05, 3.63) is 0 Å². The van der Waals surface area contributed by atoms with Crippen LogP contribution in [0.5, 0.6) is 0 Å². The first kappa shape index (κ1) is 11.3. The van der Waals surface area contributed by atoms with Crippen molar-refractivity contribution in [2.75, 3.05) is 12.3 Å². The lowest BCUT2D eigenvalue weighted by Gasteiger charge is -2.11. The van der Waals surface area contributed by atoms with Crippen molar-refractivity contribution in [3.63, 3.8) is 0 Å². The first-order chi connectivity index (χ1) is 5.57. The molecule has 0 aromatic carbocycles. The first-order valence-electron chi connectivity index (χ1n) is 3.73. The summed E-state index contributed by atoms with van der Waals surface area (Å²) in [6.45, 7) is 3.53. The molecule has 2 N–H and O–H groups in total. The Morgan fingerprint density at radius 1 is 1.50 bits per heavy atom. The van der Waals surface area contributed by atoms with E-state index in [1.807, 2.05) is 0 Å². The third-order valence-electron chi connectivity index (χ3n) is 1.22. The highest BCUT2D eigenvalue weighted by atomic mass is 32.1. The summed E-state index contributed by atoms with van der Waals surface area (Å²) in [5.41, 5.74) is 0. The normalized spacial score (nSPS) is 11.9. The molecule has 0 unspecified atom stereocenters. The molecule has 4 nitrogen and oxygen atoms in total. The molecule has 0 aromatic heterocycles. The van der Waals surface area contributed by atoms with Gasteiger partial charge in [0.2, 0.25) is 11.8 Å². The van der Waals surface area contributed by atoms with Crippen LogP contribution in [0.3, 0.4) is 0 Å². The van der Waals surface area contributed by atoms with Crippen molar-refractivity contribution in [2.24, 2.45) is 0 Å². The van der Waals surface area contributed by atoms with Gasteiger partial charge in [-0.1, -0.05) is 0 Å². The zero-order valence-corrected chi connectivity index (χ0v) is 8.15. The van der Waals surface area contributed by atoms with E-state index in [0.29, 0.717) is 12.3 Å². The van der Waals surface area contributed by atoms with Crippen molar-refractivity contribution >= 4 is 24.4 Å². The van der Waals surface area contributed by atoms with Gasteiger partial charge in [-0.25, -0.2) is 0 Å². The maximum atomic E-state index is 11.1. The number of thiol groups is 1. The molecule has 0 aliphatic heterocycles. The summed E-state index contributed by atoms with van der Waals surface area (Å²) in [7, 11) is 0. The molecule has 0 spiro atoms. The molecule has 0 radical (unpaired) electrons. The summed E-state index contributed by atoms with van der Waals surface area (Å²) in [4.78, 5) is 21.6. The molecular weight excluding hydrogens is 176 g/mol. The minimum absolute atomic E-state index is 0.181. The number of amides is 2. The van der Waals surface area contributed by atoms with Gasteiger partial charge in [0.25, 0.3) is 0 Å². The standard InChI is InChI=1S/C7H14N2O2S/c1-5(9-6(2)10)7(11)8-3-4-12/h5,12H,3-4H2,1-2H3,(H,8,11)(H,9,10)/t5-/m0/s1. The molecule has 0 aliphatic carbocycles. The summed E-state index contributed by atoms with van der Waals surface area (Å²) in [6, 6.07) is -0.470. The predicted molar refractivity (Wildman–Crippen MR) is 50.1 cm³/mol. The Hall–Kier alpha value is -0.710. The van der Waals surface area contributed by atoms with E-state index in [4.69, 9.17) is 0 Å². The van der Waals surface area contributed by atoms with Crippen LogP contribution in [0.4, 0.5) is 0 Å². The molecule has 2 amide bonds. The monoisotopic (exact) mass is 190 g/mol. The lowest BCUT2D eigenvalue weighted by atomic mass is 10.3. The Labute approximate surface area is 77.5 Å². The molecule has 0 rings (SSSR count). The Morgan fingerprint density at radius 3 is 2.50 bits per heavy atom. The van der Waals surface area contributed by atoms with Gasteiger partial charge in [0, 0.05) is 19.2 Å². The van der Waals surface area contributed by atoms with Gasteiger partial charge >= 0.3 is 0 Å². The zero-order valence-electron chi connectivity index (χ0n) is 7.26. The fourth-order valence-electron chi connectivity index (χ4n) is 0.703. The van der Waals surface area contributed by atoms with E-state index in [-0.39, 0.29) is 11.8 Å². The third-order valence-corrected chi connectivity index (χ3v) is 1.45. The molecule has 0 saturated carbocycles. The topological polar surface area (TPSA) is 58.2 Å². The summed E-state index contributed by atoms with van der Waals surface area (Å²) in [5.74, 6) is 0.209. The van der Waals surface area contributed by atoms with E-state index >= 15 is 0 Å². The number of carbonyl (C=O) groups is 2. The average molecular weight is 190 g/mol. The molecular formula is C7H14N2O2S. The van der Waals surface area contributed by atoms with Crippen LogP contribution in [0.1, 0.15) is 13.8 Å². The summed E-state index contributed by atoms with van der Waals surface area (Å²) < 4.78 is 0. The largest absolute Gasteiger partial charge is 0.354 e. The Morgan fingerprint density at radius 2 is 2.08 bits per heavy atom. The van der Waals surface area contributed by atoms with Crippen LogP contribution in [0.15, 0.2) is 0 Å². The van der Waals surface area contributed by atoms with Gasteiger partial charge in [-0.3, -0.25) is 9.59 Å². The molecule has 0 fully saturated rings. The zero-order chi connectivity index (χ0) is 9.56. The lowest BCUT2D eigenvalue weighted by molar-refractivity contribution is -0.127. The molecule has 5 heteroatoms. The van der Waals surface area contributed by atoms with Crippen LogP contribution in [0, 0.1) is 0 Å². The summed E-state index contributed by atoms with van der Waals surface area (Å²) >= 11 is 3.93. The van der Waals surface area contributed by atoms with Crippen LogP contribution >= 0.6 is 12.6 Å². The van der Waals surface area contributed by atoms with Crippen molar-refractivity contribution in [3.8, 4) is 0 Å². The van der Waals surface area contributed by atoms with E-state index in [0.717, 1.165) is 0 Å². The summed E-state index contributed by atoms with van der Waals surface area (Å²) in [5, 5.41) is 5.08. The van der Waals surface area contributed by atoms with Crippen molar-refractivity contribution < 1.29 is 9.59 Å². The van der Waals surface area contributed by atoms with Crippen LogP contribution in [0.2, 0.25) is 0 Å². The highest BCUT2D eigenvalue weighted by molar-refractivity contribution is 7.80. The number of nitrogens with one attached hydrogen (secondary N) is 2. The van der Waals surface area contributed by atoms with Crippen LogP contribution in [-0.4, -0.2) is 30.2 Å². The number of carbonyl (C=O) groups excluding carboxylic acids is 2. The fraction of sp³-hybridized carbons (Fsp3) is 0.714. The Kier molecular flexibility index (Phi) is 5.53. The maximum Gasteiger partial charge on any atom is 0.242 e. The average Bonchev–Trinajstić information content (AvgIpc) is 1.98. The van der Waals surface area contributed by atoms with Gasteiger partial charge in [-0.15, -0.1) is 0 Å². The van der Waals surface area contributed by atoms with E-state index in [1.165, 1.54) is 6.92 Å². The number of rotatable bonds is 4. The molecule has 70 valence electrons. The van der Waals surface area contributed by atoms with Crippen molar-refractivity contribution in [2.45, 2.75) is 19.9 Å². The first-order valence-corrected chi connectivity index (χ1v) is 4.37. The SMILES string of the molecule is CC(=O)N[C@@H](C)C(=O)NCCS. The second kappa shape index (κ2) is 5.88. The van der Waals surface area contributed by atoms with Crippen molar-refractivity contribution in [1.82, 2.24) is 10.6 Å². The maximum absolute atomic E-state index is 11.1. The lowest BCUT2D eigenvalue weighted by Crippen LogP contribution is -2.44. The van der Waals surface area contributed by atoms with Gasteiger partial charge in [0.15, 0.2) is 0 Å². The molecule has 12 heavy (non-hydrogen) atoms. The third kappa shape index (κ3) is 5.01. The minimum Gasteiger partial charge on any atom is -0.354 e. The Balaban J connectivity index is 3.69. The van der Waals surface area contributed by atoms with Crippen LogP contribution in [0.25, 0.3) is 0 Å². The smallest absolute Gasteiger partial charge is 0.242 e. The molecule has 0 bridgehead atoms. The molecule has 0 aromatic rings. The second-order valence-corrected chi connectivity index (χ2v) is 2.88. The van der Waals surface area contributed by atoms with Crippen LogP contribution in [-0.2, 0) is 9.59 Å². The van der Waals surface area contributed by atoms with Gasteiger partial charge in [0.05, 0.1) is 0 Å². The minimum atomic E-state index is -0.470.